The van der Waals surface area contributed by atoms with Crippen molar-refractivity contribution in [2.24, 2.45) is 0 Å². The van der Waals surface area contributed by atoms with Gasteiger partial charge in [0.25, 0.3) is 0 Å². The molecule has 3 heteroatoms. The average Bonchev–Trinajstić information content (AvgIpc) is 3.45. The van der Waals surface area contributed by atoms with E-state index < -0.39 is 0 Å². The Hall–Kier alpha value is -6.42. The van der Waals surface area contributed by atoms with Gasteiger partial charge in [-0.3, -0.25) is 0 Å². The van der Waals surface area contributed by atoms with Gasteiger partial charge in [0.15, 0.2) is 11.4 Å². The summed E-state index contributed by atoms with van der Waals surface area (Å²) in [5.41, 5.74) is 9.30. The first-order valence-electron chi connectivity index (χ1n) is 14.9. The predicted octanol–water partition coefficient (Wildman–Crippen LogP) is 12.1. The Balaban J connectivity index is 1.35. The Morgan fingerprint density at radius 2 is 0.778 bits per heavy atom. The number of para-hydroxylation sites is 1. The first-order chi connectivity index (χ1) is 22.3. The van der Waals surface area contributed by atoms with Crippen LogP contribution in [0.1, 0.15) is 0 Å². The first kappa shape index (κ1) is 25.1. The highest BCUT2D eigenvalue weighted by atomic mass is 15.0. The molecular weight excluding hydrogens is 546 g/mol. The van der Waals surface area contributed by atoms with E-state index in [1.807, 2.05) is 36.4 Å². The van der Waals surface area contributed by atoms with Gasteiger partial charge in [-0.2, -0.15) is 0 Å². The van der Waals surface area contributed by atoms with Crippen LogP contribution in [0, 0.1) is 13.1 Å². The lowest BCUT2D eigenvalue weighted by Crippen LogP contribution is -1.93. The maximum Gasteiger partial charge on any atom is 0.195 e. The van der Waals surface area contributed by atoms with E-state index in [4.69, 9.17) is 13.1 Å². The summed E-state index contributed by atoms with van der Waals surface area (Å²) < 4.78 is 2.32. The van der Waals surface area contributed by atoms with Crippen LogP contribution in [-0.4, -0.2) is 4.57 Å². The van der Waals surface area contributed by atoms with Gasteiger partial charge in [-0.05, 0) is 78.8 Å². The van der Waals surface area contributed by atoms with Crippen LogP contribution >= 0.6 is 0 Å². The quantitative estimate of drug-likeness (QED) is 0.148. The third kappa shape index (κ3) is 3.50. The lowest BCUT2D eigenvalue weighted by Gasteiger charge is -2.16. The van der Waals surface area contributed by atoms with Crippen LogP contribution in [0.5, 0.6) is 0 Å². The molecule has 3 nitrogen and oxygen atoms in total. The third-order valence-electron chi connectivity index (χ3n) is 9.23. The van der Waals surface area contributed by atoms with Gasteiger partial charge in [0.2, 0.25) is 0 Å². The molecule has 0 unspecified atom stereocenters. The first-order valence-corrected chi connectivity index (χ1v) is 14.9. The second-order valence-corrected chi connectivity index (χ2v) is 11.4. The smallest absolute Gasteiger partial charge is 0.195 e. The normalized spacial score (nSPS) is 11.5. The molecule has 0 spiro atoms. The summed E-state index contributed by atoms with van der Waals surface area (Å²) in [7, 11) is 0. The molecule has 0 radical (unpaired) electrons. The second kappa shape index (κ2) is 9.55. The molecule has 0 aliphatic heterocycles. The van der Waals surface area contributed by atoms with Crippen molar-refractivity contribution in [1.82, 2.24) is 4.57 Å². The fourth-order valence-electron chi connectivity index (χ4n) is 7.31. The molecule has 1 heterocycles. The molecule has 0 saturated heterocycles. The van der Waals surface area contributed by atoms with Gasteiger partial charge in [-0.15, -0.1) is 0 Å². The summed E-state index contributed by atoms with van der Waals surface area (Å²) in [4.78, 5) is 7.65. The number of hydrogen-bond donors (Lipinski definition) is 0. The summed E-state index contributed by atoms with van der Waals surface area (Å²) in [6, 6.07) is 48.6. The summed E-state index contributed by atoms with van der Waals surface area (Å²) >= 11 is 0. The second-order valence-electron chi connectivity index (χ2n) is 11.4. The number of aromatic nitrogens is 1. The van der Waals surface area contributed by atoms with E-state index in [1.54, 1.807) is 0 Å². The van der Waals surface area contributed by atoms with Crippen LogP contribution in [0.25, 0.3) is 91.8 Å². The van der Waals surface area contributed by atoms with Gasteiger partial charge in [0, 0.05) is 16.5 Å². The van der Waals surface area contributed by atoms with Crippen LogP contribution in [0.15, 0.2) is 140 Å². The van der Waals surface area contributed by atoms with Crippen LogP contribution in [0.4, 0.5) is 11.4 Å². The molecule has 0 fully saturated rings. The largest absolute Gasteiger partial charge is 0.309 e. The molecule has 0 saturated carbocycles. The lowest BCUT2D eigenvalue weighted by molar-refractivity contribution is 1.18. The Bertz CT molecular complexity index is 2720. The fourth-order valence-corrected chi connectivity index (χ4v) is 7.31. The third-order valence-corrected chi connectivity index (χ3v) is 9.23. The van der Waals surface area contributed by atoms with E-state index in [9.17, 15) is 0 Å². The monoisotopic (exact) mass is 569 g/mol. The molecule has 206 valence electrons. The zero-order valence-electron chi connectivity index (χ0n) is 24.1. The highest BCUT2D eigenvalue weighted by molar-refractivity contribution is 6.29. The molecule has 0 atom stereocenters. The molecule has 0 aliphatic rings. The van der Waals surface area contributed by atoms with Gasteiger partial charge in [-0.1, -0.05) is 115 Å². The SMILES string of the molecule is [C-]#[N+]c1ccc(-c2ccc(-c3ccc4c5c3ccc3c([N+]#[C-])ccc(c35)n4-c3ccccc3)c3ccccc23)c2ccccc12. The van der Waals surface area contributed by atoms with E-state index in [-0.39, 0.29) is 0 Å². The van der Waals surface area contributed by atoms with E-state index in [2.05, 4.69) is 117 Å². The highest BCUT2D eigenvalue weighted by Crippen LogP contribution is 2.47. The van der Waals surface area contributed by atoms with E-state index in [0.717, 1.165) is 49.4 Å². The van der Waals surface area contributed by atoms with Crippen molar-refractivity contribution >= 4 is 65.5 Å². The maximum absolute atomic E-state index is 7.86. The number of benzene rings is 8. The number of nitrogens with zero attached hydrogens (tertiary/aromatic N) is 3. The molecular formula is C42H23N3. The Kier molecular flexibility index (Phi) is 5.33. The maximum atomic E-state index is 7.86. The van der Waals surface area contributed by atoms with Gasteiger partial charge in [0.05, 0.1) is 24.2 Å². The Labute approximate surface area is 259 Å². The van der Waals surface area contributed by atoms with Gasteiger partial charge in [0.1, 0.15) is 0 Å². The molecule has 1 aromatic heterocycles. The minimum absolute atomic E-state index is 0.671. The van der Waals surface area contributed by atoms with Gasteiger partial charge in [-0.25, -0.2) is 9.69 Å². The molecule has 0 aliphatic carbocycles. The Morgan fingerprint density at radius 3 is 1.42 bits per heavy atom. The van der Waals surface area contributed by atoms with Crippen LogP contribution in [-0.2, 0) is 0 Å². The van der Waals surface area contributed by atoms with Crippen LogP contribution in [0.3, 0.4) is 0 Å². The molecule has 0 amide bonds. The van der Waals surface area contributed by atoms with Gasteiger partial charge < -0.3 is 4.57 Å². The van der Waals surface area contributed by atoms with Crippen molar-refractivity contribution in [1.29, 1.82) is 0 Å². The highest BCUT2D eigenvalue weighted by Gasteiger charge is 2.21. The van der Waals surface area contributed by atoms with Crippen molar-refractivity contribution in [2.45, 2.75) is 0 Å². The van der Waals surface area contributed by atoms with Crippen LogP contribution in [0.2, 0.25) is 0 Å². The standard InChI is InChI=1S/C42H23N3/c1-43-37-22-20-32(29-14-8-9-15-34(29)37)30-16-17-31(28-13-7-6-12-27(28)30)33-21-24-39-41-35(33)18-19-36-38(44-2)23-25-40(42(36)41)45(39)26-10-4-3-5-11-26/h3-25H. The van der Waals surface area contributed by atoms with Crippen LogP contribution < -0.4 is 0 Å². The lowest BCUT2D eigenvalue weighted by atomic mass is 9.88. The zero-order valence-corrected chi connectivity index (χ0v) is 24.1. The van der Waals surface area contributed by atoms with E-state index in [0.29, 0.717) is 11.4 Å². The fraction of sp³-hybridized carbons (Fsp3) is 0. The molecule has 9 rings (SSSR count). The van der Waals surface area contributed by atoms with Crippen molar-refractivity contribution in [2.75, 3.05) is 0 Å². The summed E-state index contributed by atoms with van der Waals surface area (Å²) in [5.74, 6) is 0. The number of rotatable bonds is 3. The number of hydrogen-bond acceptors (Lipinski definition) is 0. The van der Waals surface area contributed by atoms with Crippen molar-refractivity contribution in [3.05, 3.63) is 162 Å². The summed E-state index contributed by atoms with van der Waals surface area (Å²) in [5, 5.41) is 8.88. The minimum atomic E-state index is 0.671. The summed E-state index contributed by atoms with van der Waals surface area (Å²) in [6.07, 6.45) is 0. The minimum Gasteiger partial charge on any atom is -0.309 e. The molecule has 45 heavy (non-hydrogen) atoms. The molecule has 0 N–H and O–H groups in total. The van der Waals surface area contributed by atoms with E-state index in [1.165, 1.54) is 32.7 Å². The predicted molar refractivity (Wildman–Crippen MR) is 188 cm³/mol. The van der Waals surface area contributed by atoms with Crippen molar-refractivity contribution < 1.29 is 0 Å². The Morgan fingerprint density at radius 1 is 0.356 bits per heavy atom. The van der Waals surface area contributed by atoms with E-state index >= 15 is 0 Å². The number of fused-ring (bicyclic) bond motifs is 2. The topological polar surface area (TPSA) is 13.7 Å². The molecule has 0 bridgehead atoms. The zero-order chi connectivity index (χ0) is 30.1. The molecule has 9 aromatic rings. The van der Waals surface area contributed by atoms with Crippen molar-refractivity contribution in [3.8, 4) is 27.9 Å². The molecule has 8 aromatic carbocycles. The summed E-state index contributed by atoms with van der Waals surface area (Å²) in [6.45, 7) is 15.5. The average molecular weight is 570 g/mol. The van der Waals surface area contributed by atoms with Gasteiger partial charge >= 0.3 is 0 Å². The van der Waals surface area contributed by atoms with Crippen molar-refractivity contribution in [3.63, 3.8) is 0 Å².